The number of nitrogens with zero attached hydrogens (tertiary/aromatic N) is 4. The van der Waals surface area contributed by atoms with Crippen molar-refractivity contribution in [1.29, 1.82) is 0 Å². The first-order valence-electron chi connectivity index (χ1n) is 8.17. The molecule has 0 spiro atoms. The number of aromatic nitrogens is 4. The second-order valence-electron chi connectivity index (χ2n) is 6.28. The van der Waals surface area contributed by atoms with E-state index in [9.17, 15) is 9.59 Å². The number of hydrogen-bond acceptors (Lipinski definition) is 4. The second-order valence-corrected chi connectivity index (χ2v) is 6.28. The summed E-state index contributed by atoms with van der Waals surface area (Å²) in [6.45, 7) is 11.2. The average Bonchev–Trinajstić information content (AvgIpc) is 2.80. The van der Waals surface area contributed by atoms with E-state index in [0.29, 0.717) is 23.6 Å². The normalized spacial score (nSPS) is 11.1. The monoisotopic (exact) mass is 331 g/mol. The zero-order chi connectivity index (χ0) is 18.0. The van der Waals surface area contributed by atoms with E-state index in [1.54, 1.807) is 4.68 Å². The van der Waals surface area contributed by atoms with Crippen molar-refractivity contribution >= 4 is 5.91 Å². The molecule has 2 aromatic heterocycles. The number of rotatable bonds is 5. The van der Waals surface area contributed by atoms with Gasteiger partial charge in [0, 0.05) is 17.3 Å². The Bertz CT molecular complexity index is 817. The van der Waals surface area contributed by atoms with Gasteiger partial charge in [-0.05, 0) is 47.1 Å². The van der Waals surface area contributed by atoms with Crippen LogP contribution < -0.4 is 10.9 Å². The number of nitrogens with one attached hydrogen (secondary N) is 1. The third kappa shape index (κ3) is 3.55. The minimum atomic E-state index is -0.220. The molecule has 0 saturated heterocycles. The van der Waals surface area contributed by atoms with E-state index in [0.717, 1.165) is 11.4 Å². The fraction of sp³-hybridized carbons (Fsp3) is 0.529. The van der Waals surface area contributed by atoms with E-state index in [-0.39, 0.29) is 24.1 Å². The molecule has 0 aliphatic carbocycles. The van der Waals surface area contributed by atoms with Gasteiger partial charge in [-0.3, -0.25) is 14.2 Å². The second kappa shape index (κ2) is 6.98. The lowest BCUT2D eigenvalue weighted by molar-refractivity contribution is -0.122. The molecule has 0 aromatic carbocycles. The van der Waals surface area contributed by atoms with Crippen molar-refractivity contribution in [2.24, 2.45) is 0 Å². The number of aryl methyl sites for hydroxylation is 3. The quantitative estimate of drug-likeness (QED) is 0.899. The molecule has 0 atom stereocenters. The van der Waals surface area contributed by atoms with E-state index in [4.69, 9.17) is 0 Å². The fourth-order valence-corrected chi connectivity index (χ4v) is 2.74. The van der Waals surface area contributed by atoms with E-state index in [1.165, 1.54) is 4.57 Å². The lowest BCUT2D eigenvalue weighted by Gasteiger charge is -2.16. The summed E-state index contributed by atoms with van der Waals surface area (Å²) >= 11 is 0. The van der Waals surface area contributed by atoms with Gasteiger partial charge in [0.25, 0.3) is 5.56 Å². The van der Waals surface area contributed by atoms with Crippen LogP contribution in [-0.2, 0) is 17.8 Å². The van der Waals surface area contributed by atoms with Crippen LogP contribution in [0.4, 0.5) is 0 Å². The van der Waals surface area contributed by atoms with E-state index >= 15 is 0 Å². The van der Waals surface area contributed by atoms with Crippen LogP contribution in [0.15, 0.2) is 10.9 Å². The van der Waals surface area contributed by atoms with Gasteiger partial charge in [0.15, 0.2) is 0 Å². The highest BCUT2D eigenvalue weighted by Gasteiger charge is 2.19. The van der Waals surface area contributed by atoms with Crippen molar-refractivity contribution in [2.75, 3.05) is 0 Å². The third-order valence-electron chi connectivity index (χ3n) is 3.75. The smallest absolute Gasteiger partial charge is 0.258 e. The zero-order valence-corrected chi connectivity index (χ0v) is 15.2. The van der Waals surface area contributed by atoms with Crippen LogP contribution in [0.25, 0.3) is 5.95 Å². The molecule has 0 aliphatic heterocycles. The molecule has 130 valence electrons. The molecule has 0 radical (unpaired) electrons. The topological polar surface area (TPSA) is 81.8 Å². The molecule has 2 aromatic rings. The van der Waals surface area contributed by atoms with E-state index in [2.05, 4.69) is 15.4 Å². The minimum absolute atomic E-state index is 0.00869. The molecule has 0 saturated carbocycles. The van der Waals surface area contributed by atoms with Gasteiger partial charge in [0.05, 0.1) is 11.4 Å². The molecule has 0 fully saturated rings. The largest absolute Gasteiger partial charge is 0.352 e. The van der Waals surface area contributed by atoms with E-state index in [1.807, 2.05) is 47.6 Å². The Morgan fingerprint density at radius 3 is 2.46 bits per heavy atom. The first-order valence-corrected chi connectivity index (χ1v) is 8.17. The van der Waals surface area contributed by atoms with Crippen molar-refractivity contribution < 1.29 is 4.79 Å². The standard InChI is InChI=1S/C17H25N5O2/c1-7-14-13(6)19-17(22-12(5)8-11(4)20-22)21(16(14)24)9-15(23)18-10(2)3/h8,10H,7,9H2,1-6H3,(H,18,23). The maximum absolute atomic E-state index is 12.9. The van der Waals surface area contributed by atoms with E-state index < -0.39 is 0 Å². The van der Waals surface area contributed by atoms with Crippen LogP contribution in [0.3, 0.4) is 0 Å². The molecule has 7 heteroatoms. The molecule has 7 nitrogen and oxygen atoms in total. The van der Waals surface area contributed by atoms with Crippen molar-refractivity contribution in [2.45, 2.75) is 60.5 Å². The average molecular weight is 331 g/mol. The van der Waals surface area contributed by atoms with Gasteiger partial charge >= 0.3 is 0 Å². The Balaban J connectivity index is 2.63. The highest BCUT2D eigenvalue weighted by molar-refractivity contribution is 5.76. The lowest BCUT2D eigenvalue weighted by atomic mass is 10.2. The number of amides is 1. The fourth-order valence-electron chi connectivity index (χ4n) is 2.74. The third-order valence-corrected chi connectivity index (χ3v) is 3.75. The van der Waals surface area contributed by atoms with Gasteiger partial charge < -0.3 is 5.32 Å². The van der Waals surface area contributed by atoms with Crippen LogP contribution in [-0.4, -0.2) is 31.3 Å². The molecule has 2 rings (SSSR count). The number of carbonyl (C=O) groups is 1. The molecule has 2 heterocycles. The van der Waals surface area contributed by atoms with Crippen LogP contribution >= 0.6 is 0 Å². The summed E-state index contributed by atoms with van der Waals surface area (Å²) in [5.74, 6) is 0.154. The SMILES string of the molecule is CCc1c(C)nc(-n2nc(C)cc2C)n(CC(=O)NC(C)C)c1=O. The summed E-state index contributed by atoms with van der Waals surface area (Å²) in [6, 6.07) is 1.92. The van der Waals surface area contributed by atoms with Gasteiger partial charge in [-0.2, -0.15) is 5.10 Å². The van der Waals surface area contributed by atoms with Crippen LogP contribution in [0.2, 0.25) is 0 Å². The summed E-state index contributed by atoms with van der Waals surface area (Å²) in [6.07, 6.45) is 0.570. The van der Waals surface area contributed by atoms with Gasteiger partial charge in [-0.15, -0.1) is 0 Å². The summed E-state index contributed by atoms with van der Waals surface area (Å²) in [5, 5.41) is 7.22. The lowest BCUT2D eigenvalue weighted by Crippen LogP contribution is -2.39. The molecule has 0 bridgehead atoms. The first kappa shape index (κ1) is 17.9. The Kier molecular flexibility index (Phi) is 5.21. The van der Waals surface area contributed by atoms with Crippen LogP contribution in [0, 0.1) is 20.8 Å². The predicted molar refractivity (Wildman–Crippen MR) is 92.5 cm³/mol. The van der Waals surface area contributed by atoms with Gasteiger partial charge in [0.2, 0.25) is 11.9 Å². The van der Waals surface area contributed by atoms with Crippen molar-refractivity contribution in [3.05, 3.63) is 39.1 Å². The number of carbonyl (C=O) groups excluding carboxylic acids is 1. The Labute approximate surface area is 141 Å². The maximum atomic E-state index is 12.9. The molecule has 0 unspecified atom stereocenters. The summed E-state index contributed by atoms with van der Waals surface area (Å²) < 4.78 is 3.02. The minimum Gasteiger partial charge on any atom is -0.352 e. The maximum Gasteiger partial charge on any atom is 0.258 e. The van der Waals surface area contributed by atoms with Crippen LogP contribution in [0.1, 0.15) is 43.4 Å². The van der Waals surface area contributed by atoms with Gasteiger partial charge in [-0.25, -0.2) is 9.67 Å². The van der Waals surface area contributed by atoms with Crippen LogP contribution in [0.5, 0.6) is 0 Å². The Morgan fingerprint density at radius 2 is 1.96 bits per heavy atom. The first-order chi connectivity index (χ1) is 11.2. The van der Waals surface area contributed by atoms with Gasteiger partial charge in [0.1, 0.15) is 6.54 Å². The summed E-state index contributed by atoms with van der Waals surface area (Å²) in [5.41, 5.74) is 2.80. The van der Waals surface area contributed by atoms with Crippen molar-refractivity contribution in [1.82, 2.24) is 24.6 Å². The van der Waals surface area contributed by atoms with Gasteiger partial charge in [-0.1, -0.05) is 6.92 Å². The Morgan fingerprint density at radius 1 is 1.29 bits per heavy atom. The zero-order valence-electron chi connectivity index (χ0n) is 15.2. The molecule has 1 N–H and O–H groups in total. The highest BCUT2D eigenvalue weighted by Crippen LogP contribution is 2.11. The molecule has 1 amide bonds. The molecule has 24 heavy (non-hydrogen) atoms. The molecular formula is C17H25N5O2. The van der Waals surface area contributed by atoms with Crippen molar-refractivity contribution in [3.8, 4) is 5.95 Å². The summed E-state index contributed by atoms with van der Waals surface area (Å²) in [4.78, 5) is 29.6. The number of hydrogen-bond donors (Lipinski definition) is 1. The summed E-state index contributed by atoms with van der Waals surface area (Å²) in [7, 11) is 0. The Hall–Kier alpha value is -2.44. The molecular weight excluding hydrogens is 306 g/mol. The predicted octanol–water partition coefficient (Wildman–Crippen LogP) is 1.44. The molecule has 0 aliphatic rings. The van der Waals surface area contributed by atoms with Crippen molar-refractivity contribution in [3.63, 3.8) is 0 Å². The highest BCUT2D eigenvalue weighted by atomic mass is 16.2.